The number of aromatic nitrogens is 3. The van der Waals surface area contributed by atoms with E-state index < -0.39 is 0 Å². The molecule has 1 fully saturated rings. The highest BCUT2D eigenvalue weighted by atomic mass is 15.3. The molecule has 5 nitrogen and oxygen atoms in total. The molecule has 0 saturated heterocycles. The second-order valence-electron chi connectivity index (χ2n) is 5.70. The summed E-state index contributed by atoms with van der Waals surface area (Å²) in [6.45, 7) is 3.78. The highest BCUT2D eigenvalue weighted by Crippen LogP contribution is 2.33. The molecule has 1 aromatic heterocycles. The third kappa shape index (κ3) is 2.06. The lowest BCUT2D eigenvalue weighted by Crippen LogP contribution is -2.55. The van der Waals surface area contributed by atoms with Crippen LogP contribution in [-0.2, 0) is 13.1 Å². The van der Waals surface area contributed by atoms with Crippen molar-refractivity contribution < 1.29 is 0 Å². The molecule has 1 saturated carbocycles. The van der Waals surface area contributed by atoms with E-state index in [9.17, 15) is 0 Å². The van der Waals surface area contributed by atoms with Gasteiger partial charge in [-0.15, -0.1) is 10.2 Å². The first-order valence-corrected chi connectivity index (χ1v) is 7.16. The first-order chi connectivity index (χ1) is 8.84. The Morgan fingerprint density at radius 1 is 1.17 bits per heavy atom. The molecule has 0 aromatic carbocycles. The quantitative estimate of drug-likeness (QED) is 0.799. The minimum Gasteiger partial charge on any atom is -0.329 e. The molecule has 2 aliphatic rings. The Hall–Kier alpha value is -0.940. The van der Waals surface area contributed by atoms with Crippen molar-refractivity contribution in [2.24, 2.45) is 5.73 Å². The smallest absolute Gasteiger partial charge is 0.147 e. The molecule has 0 unspecified atom stereocenters. The maximum Gasteiger partial charge on any atom is 0.147 e. The molecular formula is C13H23N5. The summed E-state index contributed by atoms with van der Waals surface area (Å²) in [6, 6.07) is 0. The standard InChI is InChI=1S/C13H23N5/c14-10-13(5-3-1-2-4-6-13)18-8-7-17-11-15-16-12(17)9-18/h11H,1-10,14H2. The van der Waals surface area contributed by atoms with Gasteiger partial charge < -0.3 is 10.3 Å². The molecule has 1 aliphatic heterocycles. The number of nitrogens with two attached hydrogens (primary N) is 1. The van der Waals surface area contributed by atoms with Crippen LogP contribution in [0.3, 0.4) is 0 Å². The van der Waals surface area contributed by atoms with E-state index in [1.54, 1.807) is 0 Å². The summed E-state index contributed by atoms with van der Waals surface area (Å²) in [5.41, 5.74) is 6.37. The highest BCUT2D eigenvalue weighted by molar-refractivity contribution is 4.99. The number of rotatable bonds is 2. The third-order valence-corrected chi connectivity index (χ3v) is 4.72. The number of nitrogens with zero attached hydrogens (tertiary/aromatic N) is 4. The van der Waals surface area contributed by atoms with E-state index in [4.69, 9.17) is 5.73 Å². The minimum atomic E-state index is 0.216. The monoisotopic (exact) mass is 249 g/mol. The summed E-state index contributed by atoms with van der Waals surface area (Å²) in [6.07, 6.45) is 9.71. The van der Waals surface area contributed by atoms with Crippen LogP contribution >= 0.6 is 0 Å². The van der Waals surface area contributed by atoms with Crippen molar-refractivity contribution in [3.63, 3.8) is 0 Å². The number of hydrogen-bond donors (Lipinski definition) is 1. The SMILES string of the molecule is NCC1(N2CCn3cnnc3C2)CCCCCC1. The molecule has 2 heterocycles. The summed E-state index contributed by atoms with van der Waals surface area (Å²) < 4.78 is 2.16. The Balaban J connectivity index is 1.80. The van der Waals surface area contributed by atoms with Crippen molar-refractivity contribution >= 4 is 0 Å². The summed E-state index contributed by atoms with van der Waals surface area (Å²) in [5, 5.41) is 8.23. The second kappa shape index (κ2) is 4.97. The average Bonchev–Trinajstić information content (AvgIpc) is 2.74. The van der Waals surface area contributed by atoms with Crippen LogP contribution in [-0.4, -0.2) is 38.3 Å². The fourth-order valence-corrected chi connectivity index (χ4v) is 3.51. The summed E-state index contributed by atoms with van der Waals surface area (Å²) in [4.78, 5) is 2.57. The van der Waals surface area contributed by atoms with Crippen molar-refractivity contribution in [2.45, 2.75) is 57.2 Å². The molecule has 0 spiro atoms. The van der Waals surface area contributed by atoms with Crippen molar-refractivity contribution in [3.05, 3.63) is 12.2 Å². The van der Waals surface area contributed by atoms with E-state index in [2.05, 4.69) is 19.7 Å². The molecule has 18 heavy (non-hydrogen) atoms. The maximum absolute atomic E-state index is 6.15. The zero-order chi connectivity index (χ0) is 12.4. The predicted octanol–water partition coefficient (Wildman–Crippen LogP) is 1.15. The van der Waals surface area contributed by atoms with Gasteiger partial charge in [-0.25, -0.2) is 0 Å². The predicted molar refractivity (Wildman–Crippen MR) is 69.9 cm³/mol. The summed E-state index contributed by atoms with van der Waals surface area (Å²) in [7, 11) is 0. The largest absolute Gasteiger partial charge is 0.329 e. The van der Waals surface area contributed by atoms with Crippen molar-refractivity contribution in [3.8, 4) is 0 Å². The van der Waals surface area contributed by atoms with Crippen LogP contribution in [0.1, 0.15) is 44.3 Å². The van der Waals surface area contributed by atoms with Crippen molar-refractivity contribution in [2.75, 3.05) is 13.1 Å². The van der Waals surface area contributed by atoms with Crippen LogP contribution in [0.25, 0.3) is 0 Å². The molecular weight excluding hydrogens is 226 g/mol. The first-order valence-electron chi connectivity index (χ1n) is 7.16. The van der Waals surface area contributed by atoms with E-state index in [-0.39, 0.29) is 5.54 Å². The molecule has 100 valence electrons. The van der Waals surface area contributed by atoms with Crippen LogP contribution in [0.15, 0.2) is 6.33 Å². The van der Waals surface area contributed by atoms with Crippen LogP contribution in [0.5, 0.6) is 0 Å². The molecule has 0 radical (unpaired) electrons. The topological polar surface area (TPSA) is 60.0 Å². The zero-order valence-corrected chi connectivity index (χ0v) is 11.0. The lowest BCUT2D eigenvalue weighted by Gasteiger charge is -2.44. The van der Waals surface area contributed by atoms with Gasteiger partial charge in [0, 0.05) is 25.2 Å². The molecule has 0 amide bonds. The van der Waals surface area contributed by atoms with Crippen LogP contribution in [0.4, 0.5) is 0 Å². The fourth-order valence-electron chi connectivity index (χ4n) is 3.51. The molecule has 2 N–H and O–H groups in total. The fraction of sp³-hybridized carbons (Fsp3) is 0.846. The molecule has 5 heteroatoms. The summed E-state index contributed by atoms with van der Waals surface area (Å²) in [5.74, 6) is 1.10. The van der Waals surface area contributed by atoms with E-state index >= 15 is 0 Å². The number of fused-ring (bicyclic) bond motifs is 1. The van der Waals surface area contributed by atoms with E-state index in [1.165, 1.54) is 38.5 Å². The van der Waals surface area contributed by atoms with Gasteiger partial charge in [-0.05, 0) is 12.8 Å². The normalized spacial score (nSPS) is 24.5. The Morgan fingerprint density at radius 2 is 1.94 bits per heavy atom. The van der Waals surface area contributed by atoms with Crippen LogP contribution < -0.4 is 5.73 Å². The van der Waals surface area contributed by atoms with Crippen molar-refractivity contribution in [1.82, 2.24) is 19.7 Å². The molecule has 0 bridgehead atoms. The lowest BCUT2D eigenvalue weighted by atomic mass is 9.87. The maximum atomic E-state index is 6.15. The first kappa shape index (κ1) is 12.1. The molecule has 0 atom stereocenters. The van der Waals surface area contributed by atoms with Crippen molar-refractivity contribution in [1.29, 1.82) is 0 Å². The Bertz CT molecular complexity index is 392. The summed E-state index contributed by atoms with van der Waals surface area (Å²) >= 11 is 0. The van der Waals surface area contributed by atoms with Gasteiger partial charge in [0.1, 0.15) is 12.2 Å². The second-order valence-corrected chi connectivity index (χ2v) is 5.70. The van der Waals surface area contributed by atoms with Gasteiger partial charge in [0.2, 0.25) is 0 Å². The Labute approximate surface area is 108 Å². The van der Waals surface area contributed by atoms with Gasteiger partial charge in [-0.1, -0.05) is 25.7 Å². The Kier molecular flexibility index (Phi) is 3.35. The van der Waals surface area contributed by atoms with E-state index in [1.807, 2.05) is 6.33 Å². The third-order valence-electron chi connectivity index (χ3n) is 4.72. The molecule has 3 rings (SSSR count). The van der Waals surface area contributed by atoms with Gasteiger partial charge in [-0.3, -0.25) is 4.90 Å². The Morgan fingerprint density at radius 3 is 2.67 bits per heavy atom. The average molecular weight is 249 g/mol. The van der Waals surface area contributed by atoms with Gasteiger partial charge >= 0.3 is 0 Å². The lowest BCUT2D eigenvalue weighted by molar-refractivity contribution is 0.0497. The van der Waals surface area contributed by atoms with Gasteiger partial charge in [0.05, 0.1) is 6.54 Å². The molecule has 1 aliphatic carbocycles. The number of hydrogen-bond acceptors (Lipinski definition) is 4. The minimum absolute atomic E-state index is 0.216. The van der Waals surface area contributed by atoms with Gasteiger partial charge in [0.25, 0.3) is 0 Å². The van der Waals surface area contributed by atoms with Gasteiger partial charge in [0.15, 0.2) is 0 Å². The molecule has 1 aromatic rings. The van der Waals surface area contributed by atoms with Crippen LogP contribution in [0, 0.1) is 0 Å². The highest BCUT2D eigenvalue weighted by Gasteiger charge is 2.37. The van der Waals surface area contributed by atoms with Gasteiger partial charge in [-0.2, -0.15) is 0 Å². The van der Waals surface area contributed by atoms with E-state index in [0.29, 0.717) is 0 Å². The van der Waals surface area contributed by atoms with E-state index in [0.717, 1.165) is 32.0 Å². The zero-order valence-electron chi connectivity index (χ0n) is 11.0. The van der Waals surface area contributed by atoms with Crippen LogP contribution in [0.2, 0.25) is 0 Å².